The Labute approximate surface area is 104 Å². The van der Waals surface area contributed by atoms with Crippen LogP contribution in [0, 0.1) is 17.4 Å². The Morgan fingerprint density at radius 1 is 0.800 bits per heavy atom. The van der Waals surface area contributed by atoms with Gasteiger partial charge in [-0.2, -0.15) is 0 Å². The molecule has 0 aromatic heterocycles. The lowest BCUT2D eigenvalue weighted by Crippen LogP contribution is -1.83. The maximum absolute atomic E-state index is 2.35. The molecular weight excluding hydrogens is 295 g/mol. The number of benzene rings is 2. The van der Waals surface area contributed by atoms with E-state index in [1.165, 1.54) is 25.8 Å². The molecule has 15 heavy (non-hydrogen) atoms. The highest BCUT2D eigenvalue weighted by atomic mass is 127. The van der Waals surface area contributed by atoms with Gasteiger partial charge in [-0.3, -0.25) is 0 Å². The van der Waals surface area contributed by atoms with Crippen LogP contribution in [-0.2, 0) is 0 Å². The molecule has 0 N–H and O–H groups in total. The Kier molecular flexibility index (Phi) is 3.10. The minimum Gasteiger partial charge on any atom is -0.0606 e. The topological polar surface area (TPSA) is 0 Å². The third kappa shape index (κ3) is 2.59. The van der Waals surface area contributed by atoms with E-state index < -0.39 is 0 Å². The average molecular weight is 308 g/mol. The highest BCUT2D eigenvalue weighted by molar-refractivity contribution is 14.1. The molecule has 0 unspecified atom stereocenters. The van der Waals surface area contributed by atoms with Crippen molar-refractivity contribution >= 4 is 22.6 Å². The lowest BCUT2D eigenvalue weighted by molar-refractivity contribution is 1.38. The number of hydrogen-bond acceptors (Lipinski definition) is 0. The van der Waals surface area contributed by atoms with Crippen molar-refractivity contribution in [3.63, 3.8) is 0 Å². The van der Waals surface area contributed by atoms with Crippen molar-refractivity contribution in [2.75, 3.05) is 0 Å². The molecular formula is C14H13I. The van der Waals surface area contributed by atoms with Crippen LogP contribution in [0.1, 0.15) is 11.1 Å². The summed E-state index contributed by atoms with van der Waals surface area (Å²) < 4.78 is 1.28. The normalized spacial score (nSPS) is 10.3. The van der Waals surface area contributed by atoms with E-state index in [9.17, 15) is 0 Å². The first kappa shape index (κ1) is 10.7. The summed E-state index contributed by atoms with van der Waals surface area (Å²) in [6.07, 6.45) is 0. The van der Waals surface area contributed by atoms with Gasteiger partial charge in [0.05, 0.1) is 0 Å². The van der Waals surface area contributed by atoms with Gasteiger partial charge in [0.2, 0.25) is 0 Å². The van der Waals surface area contributed by atoms with Crippen LogP contribution in [0.5, 0.6) is 0 Å². The molecule has 0 atom stereocenters. The van der Waals surface area contributed by atoms with Crippen molar-refractivity contribution in [1.29, 1.82) is 0 Å². The SMILES string of the molecule is Cc1cc(C)cc(-c2cccc(I)c2)c1. The van der Waals surface area contributed by atoms with Gasteiger partial charge in [-0.05, 0) is 59.7 Å². The molecule has 0 heterocycles. The molecule has 1 heteroatoms. The monoisotopic (exact) mass is 308 g/mol. The van der Waals surface area contributed by atoms with Gasteiger partial charge in [0, 0.05) is 3.57 Å². The summed E-state index contributed by atoms with van der Waals surface area (Å²) in [5.74, 6) is 0. The Bertz CT molecular complexity index is 466. The second-order valence-electron chi connectivity index (χ2n) is 3.89. The summed E-state index contributed by atoms with van der Waals surface area (Å²) in [5, 5.41) is 0. The van der Waals surface area contributed by atoms with E-state index in [2.05, 4.69) is 78.9 Å². The summed E-state index contributed by atoms with van der Waals surface area (Å²) in [4.78, 5) is 0. The Balaban J connectivity index is 2.54. The van der Waals surface area contributed by atoms with Gasteiger partial charge < -0.3 is 0 Å². The molecule has 0 saturated carbocycles. The van der Waals surface area contributed by atoms with Crippen molar-refractivity contribution in [3.05, 3.63) is 57.2 Å². The summed E-state index contributed by atoms with van der Waals surface area (Å²) in [7, 11) is 0. The zero-order chi connectivity index (χ0) is 10.8. The Morgan fingerprint density at radius 2 is 1.47 bits per heavy atom. The highest BCUT2D eigenvalue weighted by Gasteiger charge is 1.99. The molecule has 0 aliphatic carbocycles. The van der Waals surface area contributed by atoms with Crippen molar-refractivity contribution in [2.24, 2.45) is 0 Å². The lowest BCUT2D eigenvalue weighted by atomic mass is 10.0. The molecule has 0 bridgehead atoms. The fourth-order valence-corrected chi connectivity index (χ4v) is 2.35. The molecule has 0 nitrogen and oxygen atoms in total. The summed E-state index contributed by atoms with van der Waals surface area (Å²) in [6, 6.07) is 15.3. The Hall–Kier alpha value is -0.830. The summed E-state index contributed by atoms with van der Waals surface area (Å²) in [5.41, 5.74) is 5.26. The number of halogens is 1. The van der Waals surface area contributed by atoms with E-state index in [-0.39, 0.29) is 0 Å². The zero-order valence-corrected chi connectivity index (χ0v) is 11.1. The van der Waals surface area contributed by atoms with Crippen LogP contribution < -0.4 is 0 Å². The molecule has 0 fully saturated rings. The minimum atomic E-state index is 1.28. The minimum absolute atomic E-state index is 1.28. The second-order valence-corrected chi connectivity index (χ2v) is 5.13. The fourth-order valence-electron chi connectivity index (χ4n) is 1.81. The summed E-state index contributed by atoms with van der Waals surface area (Å²) in [6.45, 7) is 4.29. The van der Waals surface area contributed by atoms with Gasteiger partial charge in [-0.1, -0.05) is 41.5 Å². The van der Waals surface area contributed by atoms with Gasteiger partial charge >= 0.3 is 0 Å². The number of aryl methyl sites for hydroxylation is 2. The smallest absolute Gasteiger partial charge is 0.0136 e. The third-order valence-electron chi connectivity index (χ3n) is 2.38. The Morgan fingerprint density at radius 3 is 2.07 bits per heavy atom. The van der Waals surface area contributed by atoms with Crippen molar-refractivity contribution in [1.82, 2.24) is 0 Å². The first-order chi connectivity index (χ1) is 7.15. The van der Waals surface area contributed by atoms with Crippen LogP contribution in [0.2, 0.25) is 0 Å². The van der Waals surface area contributed by atoms with Gasteiger partial charge in [0.15, 0.2) is 0 Å². The maximum Gasteiger partial charge on any atom is 0.0136 e. The number of rotatable bonds is 1. The number of hydrogen-bond donors (Lipinski definition) is 0. The van der Waals surface area contributed by atoms with E-state index in [1.54, 1.807) is 0 Å². The molecule has 0 amide bonds. The van der Waals surface area contributed by atoms with Gasteiger partial charge in [0.1, 0.15) is 0 Å². The predicted molar refractivity (Wildman–Crippen MR) is 74.1 cm³/mol. The molecule has 0 saturated heterocycles. The summed E-state index contributed by atoms with van der Waals surface area (Å²) >= 11 is 2.35. The molecule has 0 aliphatic rings. The van der Waals surface area contributed by atoms with Crippen LogP contribution in [0.15, 0.2) is 42.5 Å². The van der Waals surface area contributed by atoms with E-state index in [0.717, 1.165) is 0 Å². The molecule has 2 aromatic carbocycles. The first-order valence-electron chi connectivity index (χ1n) is 4.99. The van der Waals surface area contributed by atoms with Gasteiger partial charge in [-0.15, -0.1) is 0 Å². The lowest BCUT2D eigenvalue weighted by Gasteiger charge is -2.05. The third-order valence-corrected chi connectivity index (χ3v) is 3.05. The maximum atomic E-state index is 2.35. The zero-order valence-electron chi connectivity index (χ0n) is 8.92. The molecule has 76 valence electrons. The van der Waals surface area contributed by atoms with Crippen molar-refractivity contribution in [2.45, 2.75) is 13.8 Å². The van der Waals surface area contributed by atoms with Crippen LogP contribution in [0.4, 0.5) is 0 Å². The van der Waals surface area contributed by atoms with Crippen LogP contribution in [0.3, 0.4) is 0 Å². The van der Waals surface area contributed by atoms with Crippen LogP contribution in [-0.4, -0.2) is 0 Å². The molecule has 2 rings (SSSR count). The standard InChI is InChI=1S/C14H13I/c1-10-6-11(2)8-13(7-10)12-4-3-5-14(15)9-12/h3-9H,1-2H3. The largest absolute Gasteiger partial charge is 0.0606 e. The quantitative estimate of drug-likeness (QED) is 0.677. The molecule has 0 aliphatic heterocycles. The van der Waals surface area contributed by atoms with E-state index >= 15 is 0 Å². The second kappa shape index (κ2) is 4.35. The van der Waals surface area contributed by atoms with Crippen LogP contribution >= 0.6 is 22.6 Å². The molecule has 0 spiro atoms. The highest BCUT2D eigenvalue weighted by Crippen LogP contribution is 2.23. The molecule has 0 radical (unpaired) electrons. The van der Waals surface area contributed by atoms with E-state index in [1.807, 2.05) is 0 Å². The van der Waals surface area contributed by atoms with Gasteiger partial charge in [-0.25, -0.2) is 0 Å². The average Bonchev–Trinajstić information content (AvgIpc) is 2.16. The van der Waals surface area contributed by atoms with Crippen molar-refractivity contribution < 1.29 is 0 Å². The molecule has 2 aromatic rings. The predicted octanol–water partition coefficient (Wildman–Crippen LogP) is 4.58. The fraction of sp³-hybridized carbons (Fsp3) is 0.143. The first-order valence-corrected chi connectivity index (χ1v) is 6.07. The van der Waals surface area contributed by atoms with Gasteiger partial charge in [0.25, 0.3) is 0 Å². The van der Waals surface area contributed by atoms with Crippen LogP contribution in [0.25, 0.3) is 11.1 Å². The van der Waals surface area contributed by atoms with E-state index in [4.69, 9.17) is 0 Å². The van der Waals surface area contributed by atoms with E-state index in [0.29, 0.717) is 0 Å². The van der Waals surface area contributed by atoms with Crippen molar-refractivity contribution in [3.8, 4) is 11.1 Å².